The van der Waals surface area contributed by atoms with Crippen molar-refractivity contribution in [1.82, 2.24) is 9.80 Å². The molecule has 3 rings (SSSR count). The average Bonchev–Trinajstić information content (AvgIpc) is 3.04. The zero-order valence-electron chi connectivity index (χ0n) is 17.4. The monoisotopic (exact) mass is 388 g/mol. The molecule has 0 radical (unpaired) electrons. The number of carbonyl (C=O) groups is 2. The van der Waals surface area contributed by atoms with Crippen molar-refractivity contribution in [2.75, 3.05) is 6.54 Å². The highest BCUT2D eigenvalue weighted by atomic mass is 16.6. The van der Waals surface area contributed by atoms with Crippen molar-refractivity contribution in [1.29, 1.82) is 0 Å². The van der Waals surface area contributed by atoms with Crippen molar-refractivity contribution < 1.29 is 19.1 Å². The molecule has 2 aliphatic rings. The zero-order valence-corrected chi connectivity index (χ0v) is 17.4. The van der Waals surface area contributed by atoms with Crippen LogP contribution in [0, 0.1) is 0 Å². The van der Waals surface area contributed by atoms with E-state index in [-0.39, 0.29) is 36.9 Å². The molecule has 0 aromatic heterocycles. The number of hydrogen-bond acceptors (Lipinski definition) is 4. The molecule has 3 atom stereocenters. The lowest BCUT2D eigenvalue weighted by atomic mass is 9.97. The van der Waals surface area contributed by atoms with Crippen molar-refractivity contribution in [3.05, 3.63) is 35.9 Å². The van der Waals surface area contributed by atoms with Crippen LogP contribution in [0.3, 0.4) is 0 Å². The van der Waals surface area contributed by atoms with E-state index in [1.54, 1.807) is 0 Å². The zero-order chi connectivity index (χ0) is 20.3. The minimum Gasteiger partial charge on any atom is -0.445 e. The van der Waals surface area contributed by atoms with Crippen LogP contribution in [0.15, 0.2) is 30.3 Å². The fourth-order valence-corrected chi connectivity index (χ4v) is 4.30. The van der Waals surface area contributed by atoms with Crippen LogP contribution in [0.4, 0.5) is 9.59 Å². The smallest absolute Gasteiger partial charge is 0.410 e. The second kappa shape index (κ2) is 8.41. The van der Waals surface area contributed by atoms with Gasteiger partial charge >= 0.3 is 12.2 Å². The Kier molecular flexibility index (Phi) is 6.16. The van der Waals surface area contributed by atoms with Gasteiger partial charge in [0, 0.05) is 12.6 Å². The number of benzene rings is 1. The Labute approximate surface area is 167 Å². The molecule has 1 aromatic carbocycles. The van der Waals surface area contributed by atoms with Crippen molar-refractivity contribution in [2.24, 2.45) is 0 Å². The van der Waals surface area contributed by atoms with Crippen molar-refractivity contribution in [2.45, 2.75) is 83.7 Å². The third-order valence-electron chi connectivity index (χ3n) is 5.52. The Morgan fingerprint density at radius 2 is 1.82 bits per heavy atom. The van der Waals surface area contributed by atoms with E-state index >= 15 is 0 Å². The Balaban J connectivity index is 1.69. The van der Waals surface area contributed by atoms with Gasteiger partial charge in [-0.2, -0.15) is 0 Å². The molecule has 2 heterocycles. The number of fused-ring (bicyclic) bond motifs is 1. The van der Waals surface area contributed by atoms with Crippen molar-refractivity contribution in [3.8, 4) is 0 Å². The van der Waals surface area contributed by atoms with Crippen LogP contribution in [-0.4, -0.2) is 52.3 Å². The van der Waals surface area contributed by atoms with E-state index in [1.165, 1.54) is 0 Å². The lowest BCUT2D eigenvalue weighted by Gasteiger charge is -2.39. The van der Waals surface area contributed by atoms with E-state index in [2.05, 4.69) is 6.92 Å². The van der Waals surface area contributed by atoms with Gasteiger partial charge in [-0.15, -0.1) is 0 Å². The third kappa shape index (κ3) is 4.59. The van der Waals surface area contributed by atoms with Gasteiger partial charge in [-0.1, -0.05) is 37.3 Å². The molecule has 6 nitrogen and oxygen atoms in total. The first kappa shape index (κ1) is 20.5. The van der Waals surface area contributed by atoms with Crippen molar-refractivity contribution in [3.63, 3.8) is 0 Å². The Bertz CT molecular complexity index is 686. The molecular weight excluding hydrogens is 356 g/mol. The molecule has 0 saturated carbocycles. The Morgan fingerprint density at radius 1 is 1.11 bits per heavy atom. The highest BCUT2D eigenvalue weighted by Crippen LogP contribution is 2.37. The molecule has 2 fully saturated rings. The fraction of sp³-hybridized carbons (Fsp3) is 0.636. The molecule has 0 spiro atoms. The predicted molar refractivity (Wildman–Crippen MR) is 107 cm³/mol. The standard InChI is InChI=1S/C22H32N2O4/c1-5-17-14-19-18(24(17)21(26)28-22(2,3)4)12-9-13-23(19)20(25)27-15-16-10-7-6-8-11-16/h6-8,10-11,17-19H,5,9,12-15H2,1-4H3. The first-order valence-corrected chi connectivity index (χ1v) is 10.3. The summed E-state index contributed by atoms with van der Waals surface area (Å²) in [5.41, 5.74) is 0.439. The molecule has 28 heavy (non-hydrogen) atoms. The Hall–Kier alpha value is -2.24. The third-order valence-corrected chi connectivity index (χ3v) is 5.52. The normalized spacial score (nSPS) is 24.6. The van der Waals surface area contributed by atoms with Crippen LogP contribution in [0.25, 0.3) is 0 Å². The molecule has 154 valence electrons. The summed E-state index contributed by atoms with van der Waals surface area (Å²) in [6, 6.07) is 9.77. The van der Waals surface area contributed by atoms with Crippen LogP contribution in [0.1, 0.15) is 58.9 Å². The van der Waals surface area contributed by atoms with Crippen LogP contribution < -0.4 is 0 Å². The van der Waals surface area contributed by atoms with Gasteiger partial charge in [-0.3, -0.25) is 0 Å². The number of likely N-dealkylation sites (tertiary alicyclic amines) is 2. The van der Waals surface area contributed by atoms with E-state index in [0.29, 0.717) is 6.54 Å². The highest BCUT2D eigenvalue weighted by Gasteiger charge is 2.49. The minimum absolute atomic E-state index is 0.00201. The van der Waals surface area contributed by atoms with E-state index in [0.717, 1.165) is 31.2 Å². The van der Waals surface area contributed by atoms with E-state index in [4.69, 9.17) is 9.47 Å². The number of rotatable bonds is 3. The van der Waals surface area contributed by atoms with Crippen LogP contribution in [0.2, 0.25) is 0 Å². The summed E-state index contributed by atoms with van der Waals surface area (Å²) < 4.78 is 11.2. The summed E-state index contributed by atoms with van der Waals surface area (Å²) in [6.07, 6.45) is 2.81. The number of ether oxygens (including phenoxy) is 2. The van der Waals surface area contributed by atoms with Gasteiger partial charge in [-0.25, -0.2) is 9.59 Å². The van der Waals surface area contributed by atoms with Gasteiger partial charge in [-0.05, 0) is 52.0 Å². The van der Waals surface area contributed by atoms with Crippen LogP contribution in [-0.2, 0) is 16.1 Å². The molecular formula is C22H32N2O4. The van der Waals surface area contributed by atoms with Crippen molar-refractivity contribution >= 4 is 12.2 Å². The minimum atomic E-state index is -0.531. The van der Waals surface area contributed by atoms with Gasteiger partial charge in [0.05, 0.1) is 12.1 Å². The largest absolute Gasteiger partial charge is 0.445 e. The SMILES string of the molecule is CCC1CC2C(CCCN2C(=O)OCc2ccccc2)N1C(=O)OC(C)(C)C. The molecule has 2 aliphatic heterocycles. The first-order chi connectivity index (χ1) is 13.3. The molecule has 1 aromatic rings. The van der Waals surface area contributed by atoms with E-state index in [9.17, 15) is 9.59 Å². The summed E-state index contributed by atoms with van der Waals surface area (Å²) in [5.74, 6) is 0. The highest BCUT2D eigenvalue weighted by molar-refractivity contribution is 5.71. The molecule has 2 amide bonds. The summed E-state index contributed by atoms with van der Waals surface area (Å²) in [7, 11) is 0. The second-order valence-electron chi connectivity index (χ2n) is 8.70. The number of nitrogens with zero attached hydrogens (tertiary/aromatic N) is 2. The van der Waals surface area contributed by atoms with E-state index in [1.807, 2.05) is 60.9 Å². The quantitative estimate of drug-likeness (QED) is 0.761. The van der Waals surface area contributed by atoms with Crippen LogP contribution in [0.5, 0.6) is 0 Å². The molecule has 3 unspecified atom stereocenters. The molecule has 2 saturated heterocycles. The lowest BCUT2D eigenvalue weighted by molar-refractivity contribution is 0.00397. The maximum atomic E-state index is 12.8. The van der Waals surface area contributed by atoms with Gasteiger partial charge in [0.25, 0.3) is 0 Å². The van der Waals surface area contributed by atoms with Gasteiger partial charge in [0.1, 0.15) is 12.2 Å². The summed E-state index contributed by atoms with van der Waals surface area (Å²) in [5, 5.41) is 0. The predicted octanol–water partition coefficient (Wildman–Crippen LogP) is 4.58. The molecule has 6 heteroatoms. The van der Waals surface area contributed by atoms with Gasteiger partial charge in [0.15, 0.2) is 0 Å². The lowest BCUT2D eigenvalue weighted by Crippen LogP contribution is -2.54. The number of piperidine rings is 1. The Morgan fingerprint density at radius 3 is 2.46 bits per heavy atom. The summed E-state index contributed by atoms with van der Waals surface area (Å²) in [6.45, 7) is 8.67. The van der Waals surface area contributed by atoms with Gasteiger partial charge < -0.3 is 19.3 Å². The summed E-state index contributed by atoms with van der Waals surface area (Å²) in [4.78, 5) is 29.3. The topological polar surface area (TPSA) is 59.1 Å². The second-order valence-corrected chi connectivity index (χ2v) is 8.70. The fourth-order valence-electron chi connectivity index (χ4n) is 4.30. The van der Waals surface area contributed by atoms with Gasteiger partial charge in [0.2, 0.25) is 0 Å². The van der Waals surface area contributed by atoms with Crippen LogP contribution >= 0.6 is 0 Å². The first-order valence-electron chi connectivity index (χ1n) is 10.3. The summed E-state index contributed by atoms with van der Waals surface area (Å²) >= 11 is 0. The van der Waals surface area contributed by atoms with E-state index < -0.39 is 5.60 Å². The molecule has 0 bridgehead atoms. The number of carbonyl (C=O) groups excluding carboxylic acids is 2. The maximum absolute atomic E-state index is 12.8. The number of hydrogen-bond donors (Lipinski definition) is 0. The maximum Gasteiger partial charge on any atom is 0.410 e. The number of amides is 2. The molecule has 0 N–H and O–H groups in total. The molecule has 0 aliphatic carbocycles. The average molecular weight is 389 g/mol.